The first-order valence-corrected chi connectivity index (χ1v) is 5.30. The van der Waals surface area contributed by atoms with E-state index in [2.05, 4.69) is 5.32 Å². The number of methoxy groups -OCH3 is 1. The van der Waals surface area contributed by atoms with Crippen LogP contribution in [0.4, 0.5) is 0 Å². The summed E-state index contributed by atoms with van der Waals surface area (Å²) < 4.78 is 10.7. The van der Waals surface area contributed by atoms with Crippen molar-refractivity contribution < 1.29 is 14.3 Å². The van der Waals surface area contributed by atoms with Crippen molar-refractivity contribution in [2.75, 3.05) is 20.3 Å². The maximum atomic E-state index is 11.0. The first-order chi connectivity index (χ1) is 7.70. The number of hydrogen-bond donors (Lipinski definition) is 1. The fourth-order valence-corrected chi connectivity index (χ4v) is 1.83. The van der Waals surface area contributed by atoms with E-state index < -0.39 is 0 Å². The third kappa shape index (κ3) is 2.28. The summed E-state index contributed by atoms with van der Waals surface area (Å²) in [5.41, 5.74) is 0.856. The first kappa shape index (κ1) is 11.2. The Hall–Kier alpha value is -1.26. The number of carbonyl (C=O) groups excluding carboxylic acids is 1. The van der Waals surface area contributed by atoms with Crippen LogP contribution in [0.15, 0.2) is 18.2 Å². The number of ether oxygens (including phenoxy) is 2. The molecule has 1 fully saturated rings. The summed E-state index contributed by atoms with van der Waals surface area (Å²) in [5, 5.41) is 3.36. The van der Waals surface area contributed by atoms with E-state index in [-0.39, 0.29) is 18.6 Å². The minimum absolute atomic E-state index is 0.0698. The highest BCUT2D eigenvalue weighted by molar-refractivity contribution is 6.30. The van der Waals surface area contributed by atoms with Gasteiger partial charge in [0.05, 0.1) is 7.11 Å². The van der Waals surface area contributed by atoms with E-state index in [1.54, 1.807) is 25.3 Å². The second-order valence-electron chi connectivity index (χ2n) is 3.49. The van der Waals surface area contributed by atoms with E-state index in [1.807, 2.05) is 0 Å². The minimum atomic E-state index is -0.202. The largest absolute Gasteiger partial charge is 0.496 e. The number of benzene rings is 1. The van der Waals surface area contributed by atoms with Gasteiger partial charge >= 0.3 is 0 Å². The molecule has 86 valence electrons. The van der Waals surface area contributed by atoms with Crippen LogP contribution in [0.5, 0.6) is 5.75 Å². The molecular formula is C11H12ClNO3. The summed E-state index contributed by atoms with van der Waals surface area (Å²) in [6.07, 6.45) is -0.202. The van der Waals surface area contributed by atoms with Crippen molar-refractivity contribution in [1.82, 2.24) is 5.32 Å². The van der Waals surface area contributed by atoms with Gasteiger partial charge in [-0.2, -0.15) is 0 Å². The molecule has 16 heavy (non-hydrogen) atoms. The monoisotopic (exact) mass is 241 g/mol. The van der Waals surface area contributed by atoms with Crippen LogP contribution in [0.3, 0.4) is 0 Å². The Morgan fingerprint density at radius 2 is 2.38 bits per heavy atom. The van der Waals surface area contributed by atoms with Crippen molar-refractivity contribution in [1.29, 1.82) is 0 Å². The molecule has 1 aromatic carbocycles. The lowest BCUT2D eigenvalue weighted by Crippen LogP contribution is -2.38. The first-order valence-electron chi connectivity index (χ1n) is 4.92. The standard InChI is InChI=1S/C11H12ClNO3/c1-15-9-3-2-7(12)4-8(9)10-5-13-11(14)6-16-10/h2-4,10H,5-6H2,1H3,(H,13,14)/t10-/m1/s1. The molecule has 0 radical (unpaired) electrons. The lowest BCUT2D eigenvalue weighted by molar-refractivity contribution is -0.133. The molecule has 0 saturated carbocycles. The molecule has 5 heteroatoms. The van der Waals surface area contributed by atoms with Crippen molar-refractivity contribution in [3.8, 4) is 5.75 Å². The molecule has 0 bridgehead atoms. The zero-order valence-corrected chi connectivity index (χ0v) is 9.58. The van der Waals surface area contributed by atoms with Gasteiger partial charge < -0.3 is 14.8 Å². The molecule has 1 saturated heterocycles. The molecule has 1 N–H and O–H groups in total. The highest BCUT2D eigenvalue weighted by Gasteiger charge is 2.23. The van der Waals surface area contributed by atoms with Gasteiger partial charge in [0.25, 0.3) is 0 Å². The molecule has 1 amide bonds. The number of morpholine rings is 1. The van der Waals surface area contributed by atoms with Crippen LogP contribution in [0.25, 0.3) is 0 Å². The van der Waals surface area contributed by atoms with Crippen molar-refractivity contribution in [2.45, 2.75) is 6.10 Å². The summed E-state index contributed by atoms with van der Waals surface area (Å²) >= 11 is 5.92. The maximum Gasteiger partial charge on any atom is 0.246 e. The number of halogens is 1. The number of hydrogen-bond acceptors (Lipinski definition) is 3. The molecule has 4 nitrogen and oxygen atoms in total. The molecule has 1 aliphatic heterocycles. The summed E-state index contributed by atoms with van der Waals surface area (Å²) in [7, 11) is 1.59. The number of rotatable bonds is 2. The number of carbonyl (C=O) groups is 1. The van der Waals surface area contributed by atoms with Gasteiger partial charge in [0.15, 0.2) is 0 Å². The molecule has 0 aromatic heterocycles. The average Bonchev–Trinajstić information content (AvgIpc) is 2.30. The SMILES string of the molecule is COc1ccc(Cl)cc1[C@H]1CNC(=O)CO1. The van der Waals surface area contributed by atoms with Gasteiger partial charge in [-0.05, 0) is 18.2 Å². The van der Waals surface area contributed by atoms with Gasteiger partial charge in [-0.1, -0.05) is 11.6 Å². The Balaban J connectivity index is 2.24. The maximum absolute atomic E-state index is 11.0. The molecule has 0 aliphatic carbocycles. The van der Waals surface area contributed by atoms with Crippen LogP contribution in [0.2, 0.25) is 5.02 Å². The van der Waals surface area contributed by atoms with Gasteiger partial charge in [-0.3, -0.25) is 4.79 Å². The third-order valence-corrected chi connectivity index (χ3v) is 2.67. The summed E-state index contributed by atoms with van der Waals surface area (Å²) in [6, 6.07) is 5.34. The van der Waals surface area contributed by atoms with Crippen molar-refractivity contribution >= 4 is 17.5 Å². The molecule has 1 aromatic rings. The minimum Gasteiger partial charge on any atom is -0.496 e. The number of nitrogens with one attached hydrogen (secondary N) is 1. The summed E-state index contributed by atoms with van der Waals surface area (Å²) in [5.74, 6) is 0.614. The molecule has 0 spiro atoms. The second-order valence-corrected chi connectivity index (χ2v) is 3.93. The molecule has 1 heterocycles. The Morgan fingerprint density at radius 3 is 3.00 bits per heavy atom. The predicted molar refractivity (Wildman–Crippen MR) is 59.7 cm³/mol. The molecular weight excluding hydrogens is 230 g/mol. The topological polar surface area (TPSA) is 47.6 Å². The van der Waals surface area contributed by atoms with Crippen LogP contribution in [-0.4, -0.2) is 26.2 Å². The normalized spacial score (nSPS) is 20.4. The van der Waals surface area contributed by atoms with E-state index in [0.29, 0.717) is 17.3 Å². The fourth-order valence-electron chi connectivity index (χ4n) is 1.65. The van der Waals surface area contributed by atoms with Gasteiger partial charge in [-0.15, -0.1) is 0 Å². The Labute approximate surface area is 98.5 Å². The highest BCUT2D eigenvalue weighted by Crippen LogP contribution is 2.30. The number of amides is 1. The quantitative estimate of drug-likeness (QED) is 0.854. The third-order valence-electron chi connectivity index (χ3n) is 2.44. The molecule has 0 unspecified atom stereocenters. The van der Waals surface area contributed by atoms with Crippen LogP contribution >= 0.6 is 11.6 Å². The summed E-state index contributed by atoms with van der Waals surface area (Å²) in [4.78, 5) is 11.0. The van der Waals surface area contributed by atoms with Crippen LogP contribution in [-0.2, 0) is 9.53 Å². The van der Waals surface area contributed by atoms with Gasteiger partial charge in [0.1, 0.15) is 18.5 Å². The van der Waals surface area contributed by atoms with E-state index in [0.717, 1.165) is 5.56 Å². The average molecular weight is 242 g/mol. The summed E-state index contributed by atoms with van der Waals surface area (Å²) in [6.45, 7) is 0.510. The van der Waals surface area contributed by atoms with E-state index in [4.69, 9.17) is 21.1 Å². The van der Waals surface area contributed by atoms with Crippen LogP contribution in [0, 0.1) is 0 Å². The smallest absolute Gasteiger partial charge is 0.246 e. The van der Waals surface area contributed by atoms with Gasteiger partial charge in [0.2, 0.25) is 5.91 Å². The van der Waals surface area contributed by atoms with Crippen LogP contribution < -0.4 is 10.1 Å². The van der Waals surface area contributed by atoms with E-state index >= 15 is 0 Å². The Bertz CT molecular complexity index is 398. The van der Waals surface area contributed by atoms with E-state index in [9.17, 15) is 4.79 Å². The van der Waals surface area contributed by atoms with Gasteiger partial charge in [0, 0.05) is 17.1 Å². The molecule has 1 aliphatic rings. The van der Waals surface area contributed by atoms with Gasteiger partial charge in [-0.25, -0.2) is 0 Å². The molecule has 1 atom stereocenters. The Morgan fingerprint density at radius 1 is 1.56 bits per heavy atom. The lowest BCUT2D eigenvalue weighted by atomic mass is 10.1. The Kier molecular flexibility index (Phi) is 3.31. The van der Waals surface area contributed by atoms with E-state index in [1.165, 1.54) is 0 Å². The zero-order chi connectivity index (χ0) is 11.5. The second kappa shape index (κ2) is 4.72. The van der Waals surface area contributed by atoms with Crippen LogP contribution in [0.1, 0.15) is 11.7 Å². The fraction of sp³-hybridized carbons (Fsp3) is 0.364. The molecule has 2 rings (SSSR count). The highest BCUT2D eigenvalue weighted by atomic mass is 35.5. The zero-order valence-electron chi connectivity index (χ0n) is 8.83. The van der Waals surface area contributed by atoms with Crippen molar-refractivity contribution in [3.63, 3.8) is 0 Å². The lowest BCUT2D eigenvalue weighted by Gasteiger charge is -2.24. The van der Waals surface area contributed by atoms with Crippen molar-refractivity contribution in [2.24, 2.45) is 0 Å². The van der Waals surface area contributed by atoms with Crippen molar-refractivity contribution in [3.05, 3.63) is 28.8 Å². The predicted octanol–water partition coefficient (Wildman–Crippen LogP) is 1.54.